The number of benzene rings is 1. The van der Waals surface area contributed by atoms with Crippen molar-refractivity contribution >= 4 is 5.78 Å². The van der Waals surface area contributed by atoms with Crippen LogP contribution in [0.2, 0.25) is 0 Å². The van der Waals surface area contributed by atoms with E-state index in [0.717, 1.165) is 31.4 Å². The Morgan fingerprint density at radius 2 is 2.06 bits per heavy atom. The molecule has 1 atom stereocenters. The lowest BCUT2D eigenvalue weighted by Crippen LogP contribution is -2.30. The van der Waals surface area contributed by atoms with Crippen molar-refractivity contribution < 1.29 is 4.79 Å². The highest BCUT2D eigenvalue weighted by atomic mass is 16.1. The zero-order chi connectivity index (χ0) is 12.3. The number of hydrogen-bond donors (Lipinski definition) is 1. The third-order valence-corrected chi connectivity index (χ3v) is 3.26. The van der Waals surface area contributed by atoms with E-state index in [-0.39, 0.29) is 11.8 Å². The number of carbonyl (C=O) groups excluding carboxylic acids is 1. The second kappa shape index (κ2) is 5.46. The lowest BCUT2D eigenvalue weighted by atomic mass is 9.98. The van der Waals surface area contributed by atoms with Crippen LogP contribution >= 0.6 is 0 Å². The Labute approximate surface area is 103 Å². The molecule has 1 aliphatic rings. The smallest absolute Gasteiger partial charge is 0.179 e. The average molecular weight is 231 g/mol. The fourth-order valence-electron chi connectivity index (χ4n) is 2.39. The van der Waals surface area contributed by atoms with Gasteiger partial charge in [0, 0.05) is 5.56 Å². The molecule has 1 saturated heterocycles. The van der Waals surface area contributed by atoms with E-state index in [2.05, 4.69) is 31.3 Å². The van der Waals surface area contributed by atoms with Crippen LogP contribution in [0.3, 0.4) is 0 Å². The Morgan fingerprint density at radius 1 is 1.35 bits per heavy atom. The number of rotatable bonds is 4. The minimum absolute atomic E-state index is 0.0472. The quantitative estimate of drug-likeness (QED) is 0.807. The average Bonchev–Trinajstić information content (AvgIpc) is 2.82. The van der Waals surface area contributed by atoms with E-state index >= 15 is 0 Å². The predicted molar refractivity (Wildman–Crippen MR) is 70.3 cm³/mol. The molecule has 1 N–H and O–H groups in total. The lowest BCUT2D eigenvalue weighted by Gasteiger charge is -2.10. The number of Topliss-reactive ketones (excluding diaryl/α,β-unsaturated/α-hetero) is 1. The van der Waals surface area contributed by atoms with E-state index < -0.39 is 0 Å². The number of ketones is 1. The van der Waals surface area contributed by atoms with Gasteiger partial charge in [0.1, 0.15) is 0 Å². The van der Waals surface area contributed by atoms with Gasteiger partial charge in [-0.3, -0.25) is 4.79 Å². The summed E-state index contributed by atoms with van der Waals surface area (Å²) in [5.74, 6) is 0.909. The van der Waals surface area contributed by atoms with Crippen molar-refractivity contribution in [3.05, 3.63) is 35.4 Å². The first-order valence-corrected chi connectivity index (χ1v) is 6.53. The molecule has 1 unspecified atom stereocenters. The Balaban J connectivity index is 2.04. The second-order valence-electron chi connectivity index (χ2n) is 5.31. The van der Waals surface area contributed by atoms with Crippen molar-refractivity contribution in [2.75, 3.05) is 6.54 Å². The minimum atomic E-state index is 0.0472. The second-order valence-corrected chi connectivity index (χ2v) is 5.31. The molecule has 92 valence electrons. The fourth-order valence-corrected chi connectivity index (χ4v) is 2.39. The zero-order valence-electron chi connectivity index (χ0n) is 10.7. The van der Waals surface area contributed by atoms with Gasteiger partial charge in [-0.25, -0.2) is 0 Å². The number of nitrogens with one attached hydrogen (secondary N) is 1. The van der Waals surface area contributed by atoms with E-state index in [1.807, 2.05) is 12.1 Å². The predicted octanol–water partition coefficient (Wildman–Crippen LogP) is 2.82. The molecule has 2 heteroatoms. The van der Waals surface area contributed by atoms with Gasteiger partial charge in [0.25, 0.3) is 0 Å². The first-order chi connectivity index (χ1) is 8.16. The minimum Gasteiger partial charge on any atom is -0.307 e. The van der Waals surface area contributed by atoms with Gasteiger partial charge in [-0.15, -0.1) is 0 Å². The van der Waals surface area contributed by atoms with Crippen molar-refractivity contribution in [2.45, 2.75) is 39.2 Å². The van der Waals surface area contributed by atoms with Crippen molar-refractivity contribution in [3.63, 3.8) is 0 Å². The Bertz CT molecular complexity index is 374. The van der Waals surface area contributed by atoms with Crippen molar-refractivity contribution in [1.29, 1.82) is 0 Å². The zero-order valence-corrected chi connectivity index (χ0v) is 10.7. The van der Waals surface area contributed by atoms with Crippen LogP contribution in [0.25, 0.3) is 0 Å². The molecule has 1 fully saturated rings. The molecule has 1 heterocycles. The van der Waals surface area contributed by atoms with Crippen LogP contribution in [-0.2, 0) is 6.42 Å². The van der Waals surface area contributed by atoms with Crippen LogP contribution in [0.1, 0.15) is 42.6 Å². The summed E-state index contributed by atoms with van der Waals surface area (Å²) in [5, 5.41) is 3.25. The van der Waals surface area contributed by atoms with Crippen molar-refractivity contribution in [2.24, 2.45) is 5.92 Å². The summed E-state index contributed by atoms with van der Waals surface area (Å²) < 4.78 is 0. The molecule has 0 aromatic heterocycles. The summed E-state index contributed by atoms with van der Waals surface area (Å²) in [4.78, 5) is 12.1. The van der Waals surface area contributed by atoms with Crippen LogP contribution in [0, 0.1) is 5.92 Å². The molecule has 17 heavy (non-hydrogen) atoms. The van der Waals surface area contributed by atoms with Crippen LogP contribution in [0.5, 0.6) is 0 Å². The maximum absolute atomic E-state index is 12.1. The van der Waals surface area contributed by atoms with Crippen LogP contribution in [-0.4, -0.2) is 18.4 Å². The van der Waals surface area contributed by atoms with Gasteiger partial charge in [-0.2, -0.15) is 0 Å². The topological polar surface area (TPSA) is 29.1 Å². The molecule has 1 aliphatic heterocycles. The molecule has 0 radical (unpaired) electrons. The molecule has 1 aromatic carbocycles. The molecule has 0 saturated carbocycles. The van der Waals surface area contributed by atoms with Gasteiger partial charge in [0.15, 0.2) is 5.78 Å². The molecule has 0 bridgehead atoms. The SMILES string of the molecule is CC(C)Cc1ccc(C(=O)C2CCCN2)cc1. The summed E-state index contributed by atoms with van der Waals surface area (Å²) in [6, 6.07) is 8.16. The molecular formula is C15H21NO. The Hall–Kier alpha value is -1.15. The maximum Gasteiger partial charge on any atom is 0.179 e. The molecule has 2 nitrogen and oxygen atoms in total. The van der Waals surface area contributed by atoms with Crippen LogP contribution < -0.4 is 5.32 Å². The van der Waals surface area contributed by atoms with Crippen molar-refractivity contribution in [3.8, 4) is 0 Å². The highest BCUT2D eigenvalue weighted by Crippen LogP contribution is 2.14. The van der Waals surface area contributed by atoms with E-state index in [4.69, 9.17) is 0 Å². The van der Waals surface area contributed by atoms with Crippen LogP contribution in [0.4, 0.5) is 0 Å². The highest BCUT2D eigenvalue weighted by molar-refractivity contribution is 6.00. The number of carbonyl (C=O) groups is 1. The van der Waals surface area contributed by atoms with Gasteiger partial charge >= 0.3 is 0 Å². The van der Waals surface area contributed by atoms with E-state index in [1.54, 1.807) is 0 Å². The highest BCUT2D eigenvalue weighted by Gasteiger charge is 2.22. The third kappa shape index (κ3) is 3.16. The summed E-state index contributed by atoms with van der Waals surface area (Å²) in [6.45, 7) is 5.39. The molecule has 1 aromatic rings. The molecule has 0 aliphatic carbocycles. The summed E-state index contributed by atoms with van der Waals surface area (Å²) in [6.07, 6.45) is 3.17. The first kappa shape index (κ1) is 12.3. The lowest BCUT2D eigenvalue weighted by molar-refractivity contribution is 0.0952. The third-order valence-electron chi connectivity index (χ3n) is 3.26. The monoisotopic (exact) mass is 231 g/mol. The van der Waals surface area contributed by atoms with Gasteiger partial charge in [-0.05, 0) is 37.3 Å². The van der Waals surface area contributed by atoms with E-state index in [9.17, 15) is 4.79 Å². The van der Waals surface area contributed by atoms with Gasteiger partial charge in [-0.1, -0.05) is 38.1 Å². The molecular weight excluding hydrogens is 210 g/mol. The summed E-state index contributed by atoms with van der Waals surface area (Å²) >= 11 is 0. The van der Waals surface area contributed by atoms with Crippen molar-refractivity contribution in [1.82, 2.24) is 5.32 Å². The van der Waals surface area contributed by atoms with Crippen LogP contribution in [0.15, 0.2) is 24.3 Å². The Morgan fingerprint density at radius 3 is 2.59 bits per heavy atom. The number of hydrogen-bond acceptors (Lipinski definition) is 2. The molecule has 0 amide bonds. The maximum atomic E-state index is 12.1. The van der Waals surface area contributed by atoms with Gasteiger partial charge < -0.3 is 5.32 Å². The first-order valence-electron chi connectivity index (χ1n) is 6.53. The fraction of sp³-hybridized carbons (Fsp3) is 0.533. The Kier molecular flexibility index (Phi) is 3.95. The summed E-state index contributed by atoms with van der Waals surface area (Å²) in [5.41, 5.74) is 2.16. The molecule has 0 spiro atoms. The van der Waals surface area contributed by atoms with Gasteiger partial charge in [0.2, 0.25) is 0 Å². The van der Waals surface area contributed by atoms with Gasteiger partial charge in [0.05, 0.1) is 6.04 Å². The summed E-state index contributed by atoms with van der Waals surface area (Å²) in [7, 11) is 0. The van der Waals surface area contributed by atoms with E-state index in [1.165, 1.54) is 5.56 Å². The standard InChI is InChI=1S/C15H21NO/c1-11(2)10-12-5-7-13(8-6-12)15(17)14-4-3-9-16-14/h5-8,11,14,16H,3-4,9-10H2,1-2H3. The largest absolute Gasteiger partial charge is 0.307 e. The molecule has 2 rings (SSSR count). The van der Waals surface area contributed by atoms with E-state index in [0.29, 0.717) is 5.92 Å². The normalized spacial score (nSPS) is 19.8.